The molecule has 2 aromatic rings. The van der Waals surface area contributed by atoms with Crippen LogP contribution in [0.1, 0.15) is 44.2 Å². The van der Waals surface area contributed by atoms with Crippen LogP contribution in [0.15, 0.2) is 42.5 Å². The van der Waals surface area contributed by atoms with Crippen molar-refractivity contribution in [1.29, 1.82) is 0 Å². The van der Waals surface area contributed by atoms with Crippen molar-refractivity contribution in [3.63, 3.8) is 0 Å². The summed E-state index contributed by atoms with van der Waals surface area (Å²) in [4.78, 5) is 27.5. The second-order valence-corrected chi connectivity index (χ2v) is 10.2. The predicted molar refractivity (Wildman–Crippen MR) is 132 cm³/mol. The molecule has 0 aromatic heterocycles. The normalized spacial score (nSPS) is 12.2. The first-order valence-corrected chi connectivity index (χ1v) is 13.4. The van der Waals surface area contributed by atoms with Crippen molar-refractivity contribution in [2.45, 2.75) is 52.6 Å². The molecule has 0 radical (unpaired) electrons. The molecular weight excluding hydrogens is 476 g/mol. The van der Waals surface area contributed by atoms with E-state index in [9.17, 15) is 26.8 Å². The molecule has 2 rings (SSSR count). The monoisotopic (exact) mass is 509 g/mol. The summed E-state index contributed by atoms with van der Waals surface area (Å²) in [5, 5.41) is 2.77. The summed E-state index contributed by atoms with van der Waals surface area (Å²) >= 11 is 0. The van der Waals surface area contributed by atoms with Crippen LogP contribution in [0.5, 0.6) is 0 Å². The van der Waals surface area contributed by atoms with E-state index in [1.807, 2.05) is 38.1 Å². The summed E-state index contributed by atoms with van der Waals surface area (Å²) < 4.78 is 52.5. The second kappa shape index (κ2) is 12.6. The van der Waals surface area contributed by atoms with E-state index in [1.165, 1.54) is 11.0 Å². The maximum Gasteiger partial charge on any atom is 0.242 e. The Morgan fingerprint density at radius 1 is 1.06 bits per heavy atom. The highest BCUT2D eigenvalue weighted by Gasteiger charge is 2.29. The van der Waals surface area contributed by atoms with Crippen LogP contribution in [0.2, 0.25) is 0 Å². The lowest BCUT2D eigenvalue weighted by atomic mass is 10.1. The predicted octanol–water partition coefficient (Wildman–Crippen LogP) is 3.76. The standard InChI is InChI=1S/C25H33F2N3O4S/c1-5-23(25(32)28-6-2)29(17-19-11-8-7-10-18(19)3)24(31)12-9-15-30(35(4,33)34)20-13-14-21(26)22(27)16-20/h7-8,10-11,13-14,16,23H,5-6,9,12,15,17H2,1-4H3,(H,28,32). The maximum absolute atomic E-state index is 13.7. The minimum absolute atomic E-state index is 0.0237. The van der Waals surface area contributed by atoms with Crippen LogP contribution in [0.4, 0.5) is 14.5 Å². The fourth-order valence-electron chi connectivity index (χ4n) is 3.83. The van der Waals surface area contributed by atoms with Crippen molar-refractivity contribution < 1.29 is 26.8 Å². The minimum Gasteiger partial charge on any atom is -0.355 e. The molecule has 0 fully saturated rings. The molecule has 7 nitrogen and oxygen atoms in total. The van der Waals surface area contributed by atoms with Crippen molar-refractivity contribution in [3.8, 4) is 0 Å². The Balaban J connectivity index is 2.23. The molecule has 0 spiro atoms. The molecule has 0 heterocycles. The van der Waals surface area contributed by atoms with Crippen molar-refractivity contribution in [2.75, 3.05) is 23.7 Å². The zero-order valence-electron chi connectivity index (χ0n) is 20.6. The molecule has 0 saturated carbocycles. The van der Waals surface area contributed by atoms with Gasteiger partial charge in [-0.05, 0) is 49.9 Å². The Morgan fingerprint density at radius 2 is 1.74 bits per heavy atom. The van der Waals surface area contributed by atoms with E-state index in [0.29, 0.717) is 13.0 Å². The first kappa shape index (κ1) is 28.2. The van der Waals surface area contributed by atoms with Gasteiger partial charge in [0.2, 0.25) is 21.8 Å². The van der Waals surface area contributed by atoms with Gasteiger partial charge in [0.25, 0.3) is 0 Å². The number of likely N-dealkylation sites (N-methyl/N-ethyl adjacent to an activating group) is 1. The molecule has 0 saturated heterocycles. The summed E-state index contributed by atoms with van der Waals surface area (Å²) in [7, 11) is -3.81. The fraction of sp³-hybridized carbons (Fsp3) is 0.440. The molecule has 10 heteroatoms. The first-order valence-electron chi connectivity index (χ1n) is 11.5. The van der Waals surface area contributed by atoms with Gasteiger partial charge in [-0.2, -0.15) is 0 Å². The van der Waals surface area contributed by atoms with Gasteiger partial charge in [-0.1, -0.05) is 31.2 Å². The van der Waals surface area contributed by atoms with E-state index in [0.717, 1.165) is 33.8 Å². The lowest BCUT2D eigenvalue weighted by molar-refractivity contribution is -0.141. The van der Waals surface area contributed by atoms with Gasteiger partial charge in [0.15, 0.2) is 11.6 Å². The van der Waals surface area contributed by atoms with Crippen molar-refractivity contribution in [1.82, 2.24) is 10.2 Å². The van der Waals surface area contributed by atoms with Crippen LogP contribution in [0.3, 0.4) is 0 Å². The Morgan fingerprint density at radius 3 is 2.31 bits per heavy atom. The Bertz CT molecular complexity index is 1140. The average Bonchev–Trinajstić information content (AvgIpc) is 2.79. The third-order valence-electron chi connectivity index (χ3n) is 5.68. The number of amides is 2. The first-order chi connectivity index (χ1) is 16.5. The molecule has 0 bridgehead atoms. The number of aryl methyl sites for hydroxylation is 1. The molecule has 0 aliphatic carbocycles. The third kappa shape index (κ3) is 7.74. The number of hydrogen-bond acceptors (Lipinski definition) is 4. The molecule has 35 heavy (non-hydrogen) atoms. The van der Waals surface area contributed by atoms with E-state index in [-0.39, 0.29) is 43.4 Å². The van der Waals surface area contributed by atoms with Crippen molar-refractivity contribution in [2.24, 2.45) is 0 Å². The van der Waals surface area contributed by atoms with E-state index in [2.05, 4.69) is 5.32 Å². The number of nitrogens with one attached hydrogen (secondary N) is 1. The van der Waals surface area contributed by atoms with Gasteiger partial charge in [-0.25, -0.2) is 17.2 Å². The maximum atomic E-state index is 13.7. The van der Waals surface area contributed by atoms with E-state index < -0.39 is 27.7 Å². The van der Waals surface area contributed by atoms with Gasteiger partial charge in [-0.3, -0.25) is 13.9 Å². The highest BCUT2D eigenvalue weighted by Crippen LogP contribution is 2.22. The lowest BCUT2D eigenvalue weighted by Gasteiger charge is -2.31. The smallest absolute Gasteiger partial charge is 0.242 e. The topological polar surface area (TPSA) is 86.8 Å². The summed E-state index contributed by atoms with van der Waals surface area (Å²) in [6, 6.07) is 9.74. The summed E-state index contributed by atoms with van der Waals surface area (Å²) in [6.45, 7) is 6.12. The molecule has 2 aromatic carbocycles. The molecule has 0 aliphatic heterocycles. The quantitative estimate of drug-likeness (QED) is 0.472. The molecule has 192 valence electrons. The number of benzene rings is 2. The summed E-state index contributed by atoms with van der Waals surface area (Å²) in [6.07, 6.45) is 1.47. The number of sulfonamides is 1. The van der Waals surface area contributed by atoms with Crippen molar-refractivity contribution in [3.05, 3.63) is 65.2 Å². The second-order valence-electron chi connectivity index (χ2n) is 8.30. The Labute approximate surface area is 206 Å². The molecule has 1 atom stereocenters. The molecule has 1 unspecified atom stereocenters. The van der Waals surface area contributed by atoms with E-state index in [4.69, 9.17) is 0 Å². The zero-order valence-corrected chi connectivity index (χ0v) is 21.4. The van der Waals surface area contributed by atoms with Gasteiger partial charge < -0.3 is 10.2 Å². The van der Waals surface area contributed by atoms with Crippen LogP contribution in [0.25, 0.3) is 0 Å². The summed E-state index contributed by atoms with van der Waals surface area (Å²) in [5.74, 6) is -2.80. The summed E-state index contributed by atoms with van der Waals surface area (Å²) in [5.41, 5.74) is 1.87. The van der Waals surface area contributed by atoms with Gasteiger partial charge in [-0.15, -0.1) is 0 Å². The largest absolute Gasteiger partial charge is 0.355 e. The van der Waals surface area contributed by atoms with Crippen LogP contribution in [-0.2, 0) is 26.2 Å². The highest BCUT2D eigenvalue weighted by atomic mass is 32.2. The SMILES string of the molecule is CCNC(=O)C(CC)N(Cc1ccccc1C)C(=O)CCCN(c1ccc(F)c(F)c1)S(C)(=O)=O. The highest BCUT2D eigenvalue weighted by molar-refractivity contribution is 7.92. The zero-order chi connectivity index (χ0) is 26.2. The Kier molecular flexibility index (Phi) is 10.2. The number of halogens is 2. The minimum atomic E-state index is -3.81. The van der Waals surface area contributed by atoms with Crippen LogP contribution in [-0.4, -0.2) is 50.5 Å². The molecule has 1 N–H and O–H groups in total. The van der Waals surface area contributed by atoms with Crippen LogP contribution >= 0.6 is 0 Å². The molecular formula is C25H33F2N3O4S. The average molecular weight is 510 g/mol. The van der Waals surface area contributed by atoms with Crippen LogP contribution in [0, 0.1) is 18.6 Å². The number of carbonyl (C=O) groups excluding carboxylic acids is 2. The number of hydrogen-bond donors (Lipinski definition) is 1. The lowest BCUT2D eigenvalue weighted by Crippen LogP contribution is -2.49. The number of nitrogens with zero attached hydrogens (tertiary/aromatic N) is 2. The number of anilines is 1. The van der Waals surface area contributed by atoms with Gasteiger partial charge in [0, 0.05) is 32.1 Å². The third-order valence-corrected chi connectivity index (χ3v) is 6.88. The molecule has 2 amide bonds. The Hall–Kier alpha value is -3.01. The van der Waals surface area contributed by atoms with E-state index >= 15 is 0 Å². The van der Waals surface area contributed by atoms with Crippen molar-refractivity contribution >= 4 is 27.5 Å². The fourth-order valence-corrected chi connectivity index (χ4v) is 4.78. The van der Waals surface area contributed by atoms with E-state index in [1.54, 1.807) is 6.92 Å². The van der Waals surface area contributed by atoms with Crippen LogP contribution < -0.4 is 9.62 Å². The number of carbonyl (C=O) groups is 2. The number of rotatable bonds is 12. The van der Waals surface area contributed by atoms with Gasteiger partial charge >= 0.3 is 0 Å². The van der Waals surface area contributed by atoms with Gasteiger partial charge in [0.1, 0.15) is 6.04 Å². The molecule has 0 aliphatic rings. The van der Waals surface area contributed by atoms with Gasteiger partial charge in [0.05, 0.1) is 11.9 Å².